The average molecular weight is 341 g/mol. The summed E-state index contributed by atoms with van der Waals surface area (Å²) in [6.07, 6.45) is 0. The highest BCUT2D eigenvalue weighted by molar-refractivity contribution is 9.10. The number of fused-ring (bicyclic) bond motifs is 1. The van der Waals surface area contributed by atoms with Crippen LogP contribution in [0.25, 0.3) is 10.8 Å². The van der Waals surface area contributed by atoms with Crippen molar-refractivity contribution in [3.05, 3.63) is 70.7 Å². The second kappa shape index (κ2) is 5.58. The van der Waals surface area contributed by atoms with Gasteiger partial charge in [0, 0.05) is 15.7 Å². The number of halogens is 1. The molecule has 0 aliphatic heterocycles. The molecule has 104 valence electrons. The summed E-state index contributed by atoms with van der Waals surface area (Å²) in [7, 11) is 0. The smallest absolute Gasteiger partial charge is 0.256 e. The molecule has 0 atom stereocenters. The number of amides is 1. The SMILES string of the molecule is Nc1ccc(Br)c(NC(=O)c2cccc3ccccc23)c1. The highest BCUT2D eigenvalue weighted by Crippen LogP contribution is 2.26. The fourth-order valence-electron chi connectivity index (χ4n) is 2.25. The van der Waals surface area contributed by atoms with Gasteiger partial charge in [0.15, 0.2) is 0 Å². The molecule has 0 spiro atoms. The first-order chi connectivity index (χ1) is 10.1. The van der Waals surface area contributed by atoms with Crippen LogP contribution in [0, 0.1) is 0 Å². The van der Waals surface area contributed by atoms with E-state index < -0.39 is 0 Å². The number of nitrogens with one attached hydrogen (secondary N) is 1. The Labute approximate surface area is 130 Å². The Balaban J connectivity index is 1.99. The van der Waals surface area contributed by atoms with E-state index in [4.69, 9.17) is 5.73 Å². The van der Waals surface area contributed by atoms with E-state index in [1.165, 1.54) is 0 Å². The van der Waals surface area contributed by atoms with Crippen LogP contribution >= 0.6 is 15.9 Å². The molecule has 21 heavy (non-hydrogen) atoms. The minimum absolute atomic E-state index is 0.155. The first-order valence-electron chi connectivity index (χ1n) is 6.49. The Hall–Kier alpha value is -2.33. The Morgan fingerprint density at radius 1 is 1.00 bits per heavy atom. The lowest BCUT2D eigenvalue weighted by molar-refractivity contribution is 0.102. The van der Waals surface area contributed by atoms with Gasteiger partial charge in [-0.15, -0.1) is 0 Å². The number of carbonyl (C=O) groups is 1. The highest BCUT2D eigenvalue weighted by atomic mass is 79.9. The number of nitrogen functional groups attached to an aromatic ring is 1. The Morgan fingerprint density at radius 2 is 1.76 bits per heavy atom. The molecule has 3 rings (SSSR count). The zero-order valence-corrected chi connectivity index (χ0v) is 12.7. The standard InChI is InChI=1S/C17H13BrN2O/c18-15-9-8-12(19)10-16(15)20-17(21)14-7-3-5-11-4-1-2-6-13(11)14/h1-10H,19H2,(H,20,21). The van der Waals surface area contributed by atoms with Gasteiger partial charge in [-0.1, -0.05) is 36.4 Å². The van der Waals surface area contributed by atoms with E-state index in [1.807, 2.05) is 48.5 Å². The summed E-state index contributed by atoms with van der Waals surface area (Å²) in [4.78, 5) is 12.5. The van der Waals surface area contributed by atoms with Crippen molar-refractivity contribution in [1.29, 1.82) is 0 Å². The number of nitrogens with two attached hydrogens (primary N) is 1. The molecular weight excluding hydrogens is 328 g/mol. The second-order valence-electron chi connectivity index (χ2n) is 4.72. The van der Waals surface area contributed by atoms with Gasteiger partial charge >= 0.3 is 0 Å². The first kappa shape index (κ1) is 13.6. The van der Waals surface area contributed by atoms with Gasteiger partial charge in [-0.3, -0.25) is 4.79 Å². The Morgan fingerprint density at radius 3 is 2.62 bits per heavy atom. The maximum atomic E-state index is 12.5. The molecule has 0 aliphatic rings. The summed E-state index contributed by atoms with van der Waals surface area (Å²) in [5.74, 6) is -0.155. The molecule has 0 radical (unpaired) electrons. The molecule has 0 heterocycles. The zero-order chi connectivity index (χ0) is 14.8. The average Bonchev–Trinajstić information content (AvgIpc) is 2.50. The van der Waals surface area contributed by atoms with Crippen molar-refractivity contribution in [2.24, 2.45) is 0 Å². The number of carbonyl (C=O) groups excluding carboxylic acids is 1. The molecule has 0 saturated carbocycles. The van der Waals surface area contributed by atoms with Crippen LogP contribution in [0.4, 0.5) is 11.4 Å². The Kier molecular flexibility index (Phi) is 3.62. The quantitative estimate of drug-likeness (QED) is 0.677. The molecular formula is C17H13BrN2O. The molecule has 0 fully saturated rings. The summed E-state index contributed by atoms with van der Waals surface area (Å²) in [6.45, 7) is 0. The molecule has 3 aromatic carbocycles. The lowest BCUT2D eigenvalue weighted by atomic mass is 10.0. The van der Waals surface area contributed by atoms with Gasteiger partial charge in [-0.05, 0) is 51.0 Å². The van der Waals surface area contributed by atoms with Crippen LogP contribution in [0.5, 0.6) is 0 Å². The predicted octanol–water partition coefficient (Wildman–Crippen LogP) is 4.44. The van der Waals surface area contributed by atoms with Gasteiger partial charge in [-0.25, -0.2) is 0 Å². The fraction of sp³-hybridized carbons (Fsp3) is 0. The number of hydrogen-bond acceptors (Lipinski definition) is 2. The first-order valence-corrected chi connectivity index (χ1v) is 7.28. The minimum atomic E-state index is -0.155. The van der Waals surface area contributed by atoms with E-state index in [0.29, 0.717) is 16.9 Å². The van der Waals surface area contributed by atoms with Crippen LogP contribution < -0.4 is 11.1 Å². The van der Waals surface area contributed by atoms with E-state index in [0.717, 1.165) is 15.2 Å². The number of rotatable bonds is 2. The van der Waals surface area contributed by atoms with Gasteiger partial charge in [0.05, 0.1) is 5.69 Å². The van der Waals surface area contributed by atoms with Gasteiger partial charge in [-0.2, -0.15) is 0 Å². The third-order valence-electron chi connectivity index (χ3n) is 3.27. The molecule has 1 amide bonds. The van der Waals surface area contributed by atoms with Gasteiger partial charge in [0.1, 0.15) is 0 Å². The fourth-order valence-corrected chi connectivity index (χ4v) is 2.60. The van der Waals surface area contributed by atoms with Gasteiger partial charge in [0.25, 0.3) is 5.91 Å². The van der Waals surface area contributed by atoms with Crippen molar-refractivity contribution < 1.29 is 4.79 Å². The molecule has 0 saturated heterocycles. The predicted molar refractivity (Wildman–Crippen MR) is 90.5 cm³/mol. The van der Waals surface area contributed by atoms with Gasteiger partial charge in [0.2, 0.25) is 0 Å². The Bertz CT molecular complexity index is 825. The van der Waals surface area contributed by atoms with Crippen LogP contribution in [-0.2, 0) is 0 Å². The van der Waals surface area contributed by atoms with Crippen LogP contribution in [0.1, 0.15) is 10.4 Å². The number of hydrogen-bond donors (Lipinski definition) is 2. The molecule has 3 nitrogen and oxygen atoms in total. The largest absolute Gasteiger partial charge is 0.399 e. The molecule has 0 aliphatic carbocycles. The minimum Gasteiger partial charge on any atom is -0.399 e. The van der Waals surface area contributed by atoms with Crippen molar-refractivity contribution >= 4 is 44.0 Å². The molecule has 0 unspecified atom stereocenters. The van der Waals surface area contributed by atoms with Crippen molar-refractivity contribution in [1.82, 2.24) is 0 Å². The zero-order valence-electron chi connectivity index (χ0n) is 11.1. The van der Waals surface area contributed by atoms with E-state index >= 15 is 0 Å². The number of benzene rings is 3. The highest BCUT2D eigenvalue weighted by Gasteiger charge is 2.11. The molecule has 4 heteroatoms. The molecule has 0 aromatic heterocycles. The third-order valence-corrected chi connectivity index (χ3v) is 3.96. The summed E-state index contributed by atoms with van der Waals surface area (Å²) in [6, 6.07) is 18.8. The number of anilines is 2. The molecule has 0 bridgehead atoms. The van der Waals surface area contributed by atoms with Crippen LogP contribution in [0.3, 0.4) is 0 Å². The monoisotopic (exact) mass is 340 g/mol. The van der Waals surface area contributed by atoms with Crippen molar-refractivity contribution in [3.63, 3.8) is 0 Å². The molecule has 3 aromatic rings. The summed E-state index contributed by atoms with van der Waals surface area (Å²) in [5.41, 5.74) is 7.66. The maximum absolute atomic E-state index is 12.5. The third kappa shape index (κ3) is 2.76. The van der Waals surface area contributed by atoms with Crippen molar-refractivity contribution in [2.45, 2.75) is 0 Å². The van der Waals surface area contributed by atoms with E-state index in [1.54, 1.807) is 12.1 Å². The lowest BCUT2D eigenvalue weighted by Crippen LogP contribution is -2.13. The van der Waals surface area contributed by atoms with E-state index in [2.05, 4.69) is 21.2 Å². The lowest BCUT2D eigenvalue weighted by Gasteiger charge is -2.10. The maximum Gasteiger partial charge on any atom is 0.256 e. The summed E-state index contributed by atoms with van der Waals surface area (Å²) >= 11 is 3.41. The van der Waals surface area contributed by atoms with Crippen LogP contribution in [0.2, 0.25) is 0 Å². The van der Waals surface area contributed by atoms with Crippen LogP contribution in [-0.4, -0.2) is 5.91 Å². The van der Waals surface area contributed by atoms with Crippen molar-refractivity contribution in [2.75, 3.05) is 11.1 Å². The normalized spacial score (nSPS) is 10.5. The summed E-state index contributed by atoms with van der Waals surface area (Å²) in [5, 5.41) is 4.86. The van der Waals surface area contributed by atoms with Crippen molar-refractivity contribution in [3.8, 4) is 0 Å². The topological polar surface area (TPSA) is 55.1 Å². The van der Waals surface area contributed by atoms with E-state index in [9.17, 15) is 4.79 Å². The van der Waals surface area contributed by atoms with Gasteiger partial charge < -0.3 is 11.1 Å². The van der Waals surface area contributed by atoms with Crippen LogP contribution in [0.15, 0.2) is 65.1 Å². The molecule has 3 N–H and O–H groups in total. The van der Waals surface area contributed by atoms with E-state index in [-0.39, 0.29) is 5.91 Å². The summed E-state index contributed by atoms with van der Waals surface area (Å²) < 4.78 is 0.797. The second-order valence-corrected chi connectivity index (χ2v) is 5.57.